The van der Waals surface area contributed by atoms with E-state index in [4.69, 9.17) is 11.5 Å². The van der Waals surface area contributed by atoms with Gasteiger partial charge in [0.05, 0.1) is 6.04 Å². The Morgan fingerprint density at radius 3 is 2.29 bits per heavy atom. The molecule has 6 nitrogen and oxygen atoms in total. The molecule has 0 saturated carbocycles. The zero-order valence-electron chi connectivity index (χ0n) is 12.8. The Morgan fingerprint density at radius 2 is 1.81 bits per heavy atom. The van der Waals surface area contributed by atoms with Crippen molar-refractivity contribution in [1.29, 1.82) is 0 Å². The van der Waals surface area contributed by atoms with Crippen molar-refractivity contribution < 1.29 is 9.59 Å². The van der Waals surface area contributed by atoms with Crippen LogP contribution in [-0.4, -0.2) is 17.5 Å². The number of hydrogen-bond donors (Lipinski definition) is 4. The summed E-state index contributed by atoms with van der Waals surface area (Å²) in [5.74, 6) is -0.0274. The van der Waals surface area contributed by atoms with Crippen LogP contribution in [0, 0.1) is 0 Å². The molecule has 0 bridgehead atoms. The van der Waals surface area contributed by atoms with E-state index in [0.29, 0.717) is 18.5 Å². The normalized spacial score (nSPS) is 12.6. The van der Waals surface area contributed by atoms with Gasteiger partial charge in [-0.25, -0.2) is 4.79 Å². The molecule has 0 fully saturated rings. The minimum absolute atomic E-state index is 0.0274. The molecule has 0 aliphatic rings. The van der Waals surface area contributed by atoms with Crippen LogP contribution < -0.4 is 22.1 Å². The SMILES string of the molecule is CC(NC(=O)CCC(C)(C)N)c1ccc(NC(N)=O)cc1. The molecule has 0 radical (unpaired) electrons. The van der Waals surface area contributed by atoms with Gasteiger partial charge in [-0.1, -0.05) is 12.1 Å². The Labute approximate surface area is 125 Å². The number of hydrogen-bond acceptors (Lipinski definition) is 3. The molecule has 3 amide bonds. The smallest absolute Gasteiger partial charge is 0.316 e. The summed E-state index contributed by atoms with van der Waals surface area (Å²) in [4.78, 5) is 22.6. The van der Waals surface area contributed by atoms with Crippen molar-refractivity contribution in [3.8, 4) is 0 Å². The average molecular weight is 292 g/mol. The van der Waals surface area contributed by atoms with Crippen LogP contribution in [0.2, 0.25) is 0 Å². The Kier molecular flexibility index (Phi) is 5.72. The Morgan fingerprint density at radius 1 is 1.24 bits per heavy atom. The van der Waals surface area contributed by atoms with Gasteiger partial charge in [-0.15, -0.1) is 0 Å². The molecule has 1 rings (SSSR count). The van der Waals surface area contributed by atoms with Crippen LogP contribution in [0.25, 0.3) is 0 Å². The van der Waals surface area contributed by atoms with E-state index in [2.05, 4.69) is 10.6 Å². The second kappa shape index (κ2) is 7.08. The summed E-state index contributed by atoms with van der Waals surface area (Å²) in [6.45, 7) is 5.70. The molecule has 1 aromatic rings. The number of benzene rings is 1. The standard InChI is InChI=1S/C15H24N4O2/c1-10(18-13(20)8-9-15(2,3)17)11-4-6-12(7-5-11)19-14(16)21/h4-7,10H,8-9,17H2,1-3H3,(H,18,20)(H3,16,19,21). The van der Waals surface area contributed by atoms with Crippen LogP contribution in [0.5, 0.6) is 0 Å². The molecule has 0 aliphatic heterocycles. The monoisotopic (exact) mass is 292 g/mol. The number of nitrogens with one attached hydrogen (secondary N) is 2. The topological polar surface area (TPSA) is 110 Å². The zero-order valence-corrected chi connectivity index (χ0v) is 12.8. The summed E-state index contributed by atoms with van der Waals surface area (Å²) in [5.41, 5.74) is 12.1. The molecule has 6 N–H and O–H groups in total. The van der Waals surface area contributed by atoms with Crippen molar-refractivity contribution in [2.24, 2.45) is 11.5 Å². The van der Waals surface area contributed by atoms with Gasteiger partial charge in [0, 0.05) is 17.6 Å². The lowest BCUT2D eigenvalue weighted by Gasteiger charge is -2.19. The number of carbonyl (C=O) groups is 2. The highest BCUT2D eigenvalue weighted by Gasteiger charge is 2.15. The van der Waals surface area contributed by atoms with Gasteiger partial charge in [0.1, 0.15) is 0 Å². The van der Waals surface area contributed by atoms with Gasteiger partial charge in [-0.3, -0.25) is 4.79 Å². The predicted octanol–water partition coefficient (Wildman–Crippen LogP) is 1.87. The van der Waals surface area contributed by atoms with E-state index in [-0.39, 0.29) is 17.5 Å². The van der Waals surface area contributed by atoms with Gasteiger partial charge in [0.2, 0.25) is 5.91 Å². The first-order valence-electron chi connectivity index (χ1n) is 6.92. The summed E-state index contributed by atoms with van der Waals surface area (Å²) in [5, 5.41) is 5.41. The first-order chi connectivity index (χ1) is 9.67. The number of urea groups is 1. The molecule has 21 heavy (non-hydrogen) atoms. The third-order valence-corrected chi connectivity index (χ3v) is 3.05. The highest BCUT2D eigenvalue weighted by Crippen LogP contribution is 2.16. The molecule has 116 valence electrons. The second-order valence-electron chi connectivity index (χ2n) is 5.89. The molecule has 0 aromatic heterocycles. The largest absolute Gasteiger partial charge is 0.351 e. The maximum atomic E-state index is 11.8. The first kappa shape index (κ1) is 17.0. The summed E-state index contributed by atoms with van der Waals surface area (Å²) in [6.07, 6.45) is 1.03. The van der Waals surface area contributed by atoms with Gasteiger partial charge in [-0.05, 0) is 44.9 Å². The first-order valence-corrected chi connectivity index (χ1v) is 6.92. The van der Waals surface area contributed by atoms with E-state index >= 15 is 0 Å². The van der Waals surface area contributed by atoms with Crippen molar-refractivity contribution in [1.82, 2.24) is 5.32 Å². The minimum Gasteiger partial charge on any atom is -0.351 e. The van der Waals surface area contributed by atoms with Gasteiger partial charge in [0.25, 0.3) is 0 Å². The van der Waals surface area contributed by atoms with Gasteiger partial charge < -0.3 is 22.1 Å². The molecule has 6 heteroatoms. The quantitative estimate of drug-likeness (QED) is 0.642. The third-order valence-electron chi connectivity index (χ3n) is 3.05. The molecule has 0 spiro atoms. The van der Waals surface area contributed by atoms with Gasteiger partial charge in [0.15, 0.2) is 0 Å². The van der Waals surface area contributed by atoms with Crippen molar-refractivity contribution in [3.63, 3.8) is 0 Å². The number of anilines is 1. The van der Waals surface area contributed by atoms with Crippen molar-refractivity contribution in [3.05, 3.63) is 29.8 Å². The average Bonchev–Trinajstić information content (AvgIpc) is 2.35. The Balaban J connectivity index is 2.53. The van der Waals surface area contributed by atoms with E-state index in [1.54, 1.807) is 12.1 Å². The molecule has 1 aromatic carbocycles. The Hall–Kier alpha value is -2.08. The zero-order chi connectivity index (χ0) is 16.0. The molecule has 0 heterocycles. The molecule has 0 saturated heterocycles. The molecular weight excluding hydrogens is 268 g/mol. The van der Waals surface area contributed by atoms with Crippen molar-refractivity contribution in [2.75, 3.05) is 5.32 Å². The third kappa shape index (κ3) is 6.76. The Bertz CT molecular complexity index is 491. The summed E-state index contributed by atoms with van der Waals surface area (Å²) < 4.78 is 0. The lowest BCUT2D eigenvalue weighted by Crippen LogP contribution is -2.35. The molecule has 1 unspecified atom stereocenters. The van der Waals surface area contributed by atoms with Crippen LogP contribution in [0.15, 0.2) is 24.3 Å². The van der Waals surface area contributed by atoms with E-state index in [9.17, 15) is 9.59 Å². The molecule has 1 atom stereocenters. The summed E-state index contributed by atoms with van der Waals surface area (Å²) >= 11 is 0. The lowest BCUT2D eigenvalue weighted by molar-refractivity contribution is -0.122. The van der Waals surface area contributed by atoms with E-state index in [0.717, 1.165) is 5.56 Å². The van der Waals surface area contributed by atoms with Crippen LogP contribution in [0.3, 0.4) is 0 Å². The van der Waals surface area contributed by atoms with E-state index in [1.165, 1.54) is 0 Å². The van der Waals surface area contributed by atoms with E-state index < -0.39 is 6.03 Å². The van der Waals surface area contributed by atoms with E-state index in [1.807, 2.05) is 32.9 Å². The van der Waals surface area contributed by atoms with Crippen LogP contribution in [0.1, 0.15) is 45.2 Å². The lowest BCUT2D eigenvalue weighted by atomic mass is 9.99. The number of carbonyl (C=O) groups excluding carboxylic acids is 2. The highest BCUT2D eigenvalue weighted by molar-refractivity contribution is 5.87. The van der Waals surface area contributed by atoms with Crippen molar-refractivity contribution >= 4 is 17.6 Å². The fraction of sp³-hybridized carbons (Fsp3) is 0.467. The fourth-order valence-electron chi connectivity index (χ4n) is 1.83. The maximum Gasteiger partial charge on any atom is 0.316 e. The summed E-state index contributed by atoms with van der Waals surface area (Å²) in [7, 11) is 0. The van der Waals surface area contributed by atoms with Gasteiger partial charge >= 0.3 is 6.03 Å². The van der Waals surface area contributed by atoms with Crippen LogP contribution >= 0.6 is 0 Å². The second-order valence-corrected chi connectivity index (χ2v) is 5.89. The molecular formula is C15H24N4O2. The fourth-order valence-corrected chi connectivity index (χ4v) is 1.83. The summed E-state index contributed by atoms with van der Waals surface area (Å²) in [6, 6.07) is 6.44. The number of primary amides is 1. The van der Waals surface area contributed by atoms with Crippen molar-refractivity contribution in [2.45, 2.75) is 45.2 Å². The predicted molar refractivity (Wildman–Crippen MR) is 83.7 cm³/mol. The highest BCUT2D eigenvalue weighted by atomic mass is 16.2. The number of nitrogens with two attached hydrogens (primary N) is 2. The van der Waals surface area contributed by atoms with Crippen LogP contribution in [-0.2, 0) is 4.79 Å². The number of amides is 3. The minimum atomic E-state index is -0.603. The van der Waals surface area contributed by atoms with Gasteiger partial charge in [-0.2, -0.15) is 0 Å². The van der Waals surface area contributed by atoms with Crippen LogP contribution in [0.4, 0.5) is 10.5 Å². The molecule has 0 aliphatic carbocycles. The number of rotatable bonds is 6. The maximum absolute atomic E-state index is 11.8.